The van der Waals surface area contributed by atoms with Gasteiger partial charge in [0.2, 0.25) is 5.88 Å². The van der Waals surface area contributed by atoms with Crippen molar-refractivity contribution in [3.8, 4) is 22.8 Å². The molecule has 1 aromatic carbocycles. The summed E-state index contributed by atoms with van der Waals surface area (Å²) in [5.74, 6) is 0.791. The van der Waals surface area contributed by atoms with Crippen molar-refractivity contribution in [2.75, 3.05) is 0 Å². The molecule has 1 N–H and O–H groups in total. The summed E-state index contributed by atoms with van der Waals surface area (Å²) in [5.41, 5.74) is 2.81. The molecule has 3 heterocycles. The van der Waals surface area contributed by atoms with Crippen LogP contribution in [-0.4, -0.2) is 29.6 Å². The number of rotatable bonds is 6. The molecule has 0 aliphatic heterocycles. The van der Waals surface area contributed by atoms with Crippen LogP contribution in [0.15, 0.2) is 53.5 Å². The van der Waals surface area contributed by atoms with Gasteiger partial charge < -0.3 is 9.84 Å². The summed E-state index contributed by atoms with van der Waals surface area (Å²) in [6.07, 6.45) is 1.60. The topological polar surface area (TPSA) is 103 Å². The minimum Gasteiger partial charge on any atom is -0.470 e. The average Bonchev–Trinajstić information content (AvgIpc) is 2.81. The Morgan fingerprint density at radius 2 is 1.83 bits per heavy atom. The van der Waals surface area contributed by atoms with Crippen molar-refractivity contribution < 1.29 is 9.84 Å². The van der Waals surface area contributed by atoms with Crippen LogP contribution in [0.2, 0.25) is 5.02 Å². The molecule has 0 unspecified atom stereocenters. The van der Waals surface area contributed by atoms with E-state index >= 15 is 0 Å². The quantitative estimate of drug-likeness (QED) is 0.424. The number of aliphatic hydroxyl groups is 1. The van der Waals surface area contributed by atoms with E-state index in [0.717, 1.165) is 16.8 Å². The third-order valence-electron chi connectivity index (χ3n) is 5.42. The summed E-state index contributed by atoms with van der Waals surface area (Å²) in [6, 6.07) is 13.0. The van der Waals surface area contributed by atoms with Crippen molar-refractivity contribution in [1.29, 1.82) is 0 Å². The third-order valence-corrected chi connectivity index (χ3v) is 5.74. The minimum absolute atomic E-state index is 0.0631. The molecule has 0 spiro atoms. The number of ether oxygens (including phenoxy) is 1. The summed E-state index contributed by atoms with van der Waals surface area (Å²) in [4.78, 5) is 30.8. The lowest BCUT2D eigenvalue weighted by atomic mass is 10.1. The highest BCUT2D eigenvalue weighted by molar-refractivity contribution is 6.31. The molecule has 4 aromatic rings. The number of benzene rings is 1. The Morgan fingerprint density at radius 3 is 2.54 bits per heavy atom. The second kappa shape index (κ2) is 9.56. The predicted octanol–water partition coefficient (Wildman–Crippen LogP) is 4.47. The Labute approximate surface area is 208 Å². The molecule has 0 aliphatic carbocycles. The molecule has 3 aromatic heterocycles. The molecule has 180 valence electrons. The van der Waals surface area contributed by atoms with E-state index in [2.05, 4.69) is 19.9 Å². The first-order chi connectivity index (χ1) is 16.5. The number of aryl methyl sites for hydroxylation is 3. The number of halogens is 1. The standard InChI is InChI=1S/C26H26ClN5O3/c1-15-9-10-18(20-11-12-28-25(31-20)26(4,5)34)13-21(15)32-17(3)30-23(22(27)24(32)33)35-14-19-8-6-7-16(2)29-19/h6-13,34H,14H2,1-5H3. The number of hydrogen-bond acceptors (Lipinski definition) is 7. The highest BCUT2D eigenvalue weighted by Crippen LogP contribution is 2.27. The molecule has 0 aliphatic rings. The third kappa shape index (κ3) is 5.23. The molecular weight excluding hydrogens is 466 g/mol. The molecule has 0 bridgehead atoms. The fourth-order valence-corrected chi connectivity index (χ4v) is 3.79. The van der Waals surface area contributed by atoms with Gasteiger partial charge in [-0.15, -0.1) is 0 Å². The SMILES string of the molecule is Cc1cccc(COc2nc(C)n(-c3cc(-c4ccnc(C(C)(C)O)n4)ccc3C)c(=O)c2Cl)n1. The molecule has 0 radical (unpaired) electrons. The smallest absolute Gasteiger partial charge is 0.280 e. The molecule has 4 rings (SSSR count). The van der Waals surface area contributed by atoms with Gasteiger partial charge >= 0.3 is 0 Å². The van der Waals surface area contributed by atoms with Crippen LogP contribution in [0.5, 0.6) is 5.88 Å². The predicted molar refractivity (Wildman–Crippen MR) is 134 cm³/mol. The maximum Gasteiger partial charge on any atom is 0.280 e. The second-order valence-corrected chi connectivity index (χ2v) is 9.18. The number of hydrogen-bond donors (Lipinski definition) is 1. The molecule has 0 amide bonds. The Kier molecular flexibility index (Phi) is 6.69. The Balaban J connectivity index is 1.72. The van der Waals surface area contributed by atoms with Gasteiger partial charge in [0.25, 0.3) is 5.56 Å². The monoisotopic (exact) mass is 491 g/mol. The first kappa shape index (κ1) is 24.5. The van der Waals surface area contributed by atoms with Gasteiger partial charge in [0, 0.05) is 17.5 Å². The fourth-order valence-electron chi connectivity index (χ4n) is 3.61. The van der Waals surface area contributed by atoms with Crippen LogP contribution in [0, 0.1) is 20.8 Å². The summed E-state index contributed by atoms with van der Waals surface area (Å²) in [6.45, 7) is 8.91. The summed E-state index contributed by atoms with van der Waals surface area (Å²) < 4.78 is 7.19. The van der Waals surface area contributed by atoms with Crippen molar-refractivity contribution in [3.05, 3.63) is 92.6 Å². The van der Waals surface area contributed by atoms with E-state index in [9.17, 15) is 9.90 Å². The van der Waals surface area contributed by atoms with E-state index in [1.165, 1.54) is 4.57 Å². The molecule has 9 heteroatoms. The molecule has 8 nitrogen and oxygen atoms in total. The van der Waals surface area contributed by atoms with Gasteiger partial charge in [-0.1, -0.05) is 29.8 Å². The first-order valence-corrected chi connectivity index (χ1v) is 11.4. The van der Waals surface area contributed by atoms with Gasteiger partial charge in [-0.05, 0) is 64.4 Å². The van der Waals surface area contributed by atoms with E-state index in [0.29, 0.717) is 28.7 Å². The summed E-state index contributed by atoms with van der Waals surface area (Å²) >= 11 is 6.41. The molecular formula is C26H26ClN5O3. The van der Waals surface area contributed by atoms with Crippen molar-refractivity contribution in [2.45, 2.75) is 46.8 Å². The van der Waals surface area contributed by atoms with Gasteiger partial charge in [0.15, 0.2) is 10.8 Å². The van der Waals surface area contributed by atoms with Crippen LogP contribution in [-0.2, 0) is 12.2 Å². The zero-order valence-electron chi connectivity index (χ0n) is 20.2. The summed E-state index contributed by atoms with van der Waals surface area (Å²) in [7, 11) is 0. The molecule has 0 saturated heterocycles. The Morgan fingerprint density at radius 1 is 1.06 bits per heavy atom. The van der Waals surface area contributed by atoms with E-state index in [1.807, 2.05) is 50.2 Å². The lowest BCUT2D eigenvalue weighted by Gasteiger charge is -2.17. The highest BCUT2D eigenvalue weighted by atomic mass is 35.5. The van der Waals surface area contributed by atoms with Gasteiger partial charge in [-0.3, -0.25) is 14.3 Å². The van der Waals surface area contributed by atoms with Crippen molar-refractivity contribution in [2.24, 2.45) is 0 Å². The van der Waals surface area contributed by atoms with Crippen molar-refractivity contribution in [1.82, 2.24) is 24.5 Å². The first-order valence-electron chi connectivity index (χ1n) is 11.1. The van der Waals surface area contributed by atoms with Crippen LogP contribution in [0.3, 0.4) is 0 Å². The average molecular weight is 492 g/mol. The maximum atomic E-state index is 13.3. The van der Waals surface area contributed by atoms with Crippen molar-refractivity contribution in [3.63, 3.8) is 0 Å². The van der Waals surface area contributed by atoms with Gasteiger partial charge in [0.05, 0.1) is 17.1 Å². The van der Waals surface area contributed by atoms with Crippen molar-refractivity contribution >= 4 is 11.6 Å². The number of pyridine rings is 1. The highest BCUT2D eigenvalue weighted by Gasteiger charge is 2.21. The van der Waals surface area contributed by atoms with Gasteiger partial charge in [0.1, 0.15) is 18.0 Å². The Bertz CT molecular complexity index is 1460. The zero-order chi connectivity index (χ0) is 25.3. The van der Waals surface area contributed by atoms with E-state index in [4.69, 9.17) is 16.3 Å². The van der Waals surface area contributed by atoms with Crippen LogP contribution in [0.4, 0.5) is 0 Å². The second-order valence-electron chi connectivity index (χ2n) is 8.80. The van der Waals surface area contributed by atoms with Crippen LogP contribution < -0.4 is 10.3 Å². The molecule has 35 heavy (non-hydrogen) atoms. The number of nitrogens with zero attached hydrogens (tertiary/aromatic N) is 5. The normalized spacial score (nSPS) is 11.5. The lowest BCUT2D eigenvalue weighted by molar-refractivity contribution is 0.0688. The Hall–Kier alpha value is -3.62. The van der Waals surface area contributed by atoms with E-state index in [1.54, 1.807) is 33.0 Å². The van der Waals surface area contributed by atoms with E-state index < -0.39 is 11.2 Å². The van der Waals surface area contributed by atoms with E-state index in [-0.39, 0.29) is 17.5 Å². The minimum atomic E-state index is -1.18. The molecule has 0 saturated carbocycles. The zero-order valence-corrected chi connectivity index (χ0v) is 21.0. The van der Waals surface area contributed by atoms with Gasteiger partial charge in [-0.2, -0.15) is 4.98 Å². The van der Waals surface area contributed by atoms with Crippen LogP contribution in [0.25, 0.3) is 16.9 Å². The summed E-state index contributed by atoms with van der Waals surface area (Å²) in [5, 5.41) is 10.2. The fraction of sp³-hybridized carbons (Fsp3) is 0.269. The largest absolute Gasteiger partial charge is 0.470 e. The van der Waals surface area contributed by atoms with Gasteiger partial charge in [-0.25, -0.2) is 9.97 Å². The van der Waals surface area contributed by atoms with Crippen LogP contribution in [0.1, 0.15) is 42.4 Å². The molecule has 0 atom stereocenters. The van der Waals surface area contributed by atoms with Crippen LogP contribution >= 0.6 is 11.6 Å². The number of aromatic nitrogens is 5. The lowest BCUT2D eigenvalue weighted by Crippen LogP contribution is -2.24. The molecule has 0 fully saturated rings. The maximum absolute atomic E-state index is 13.3.